The summed E-state index contributed by atoms with van der Waals surface area (Å²) in [6, 6.07) is 60.3. The summed E-state index contributed by atoms with van der Waals surface area (Å²) in [5.41, 5.74) is 9.96. The van der Waals surface area contributed by atoms with Gasteiger partial charge in [0.2, 0.25) is 0 Å². The van der Waals surface area contributed by atoms with Crippen molar-refractivity contribution in [2.45, 2.75) is 25.4 Å². The predicted octanol–water partition coefficient (Wildman–Crippen LogP) is 13.2. The number of allylic oxidation sites excluding steroid dienone is 1. The number of nitrogens with zero attached hydrogens (tertiary/aromatic N) is 2. The van der Waals surface area contributed by atoms with E-state index in [0.717, 1.165) is 6.42 Å². The van der Waals surface area contributed by atoms with E-state index < -0.39 is 0 Å². The lowest BCUT2D eigenvalue weighted by atomic mass is 9.78. The number of thiophene rings is 1. The number of aromatic nitrogens is 2. The number of rotatable bonds is 5. The van der Waals surface area contributed by atoms with Crippen molar-refractivity contribution >= 4 is 80.8 Å². The lowest BCUT2D eigenvalue weighted by molar-refractivity contribution is 0.271. The quantitative estimate of drug-likeness (QED) is 0.190. The molecule has 10 aromatic rings. The minimum atomic E-state index is 0.00393. The zero-order valence-electron chi connectivity index (χ0n) is 29.4. The Morgan fingerprint density at radius 3 is 1.98 bits per heavy atom. The Balaban J connectivity index is 1.20. The molecule has 1 aliphatic heterocycles. The van der Waals surface area contributed by atoms with Gasteiger partial charge in [-0.3, -0.25) is 0 Å². The molecule has 254 valence electrons. The van der Waals surface area contributed by atoms with Crippen LogP contribution < -0.4 is 5.32 Å². The maximum atomic E-state index is 4.17. The molecule has 53 heavy (non-hydrogen) atoms. The zero-order valence-corrected chi connectivity index (χ0v) is 30.2. The van der Waals surface area contributed by atoms with E-state index in [0.29, 0.717) is 0 Å². The number of nitrogens with one attached hydrogen (secondary N) is 1. The molecule has 0 saturated heterocycles. The van der Waals surface area contributed by atoms with Crippen LogP contribution in [0.1, 0.15) is 36.6 Å². The highest BCUT2D eigenvalue weighted by atomic mass is 32.1. The van der Waals surface area contributed by atoms with Crippen molar-refractivity contribution in [2.24, 2.45) is 5.92 Å². The lowest BCUT2D eigenvalue weighted by Gasteiger charge is -2.40. The van der Waals surface area contributed by atoms with E-state index in [2.05, 4.69) is 191 Å². The van der Waals surface area contributed by atoms with Gasteiger partial charge in [0.15, 0.2) is 0 Å². The lowest BCUT2D eigenvalue weighted by Crippen LogP contribution is -2.38. The van der Waals surface area contributed by atoms with Gasteiger partial charge in [0.25, 0.3) is 0 Å². The van der Waals surface area contributed by atoms with E-state index in [1.165, 1.54) is 86.3 Å². The summed E-state index contributed by atoms with van der Waals surface area (Å²) < 4.78 is 7.83. The van der Waals surface area contributed by atoms with Crippen molar-refractivity contribution in [2.75, 3.05) is 0 Å². The number of para-hydroxylation sites is 3. The van der Waals surface area contributed by atoms with Crippen LogP contribution in [0.5, 0.6) is 0 Å². The number of hydrogen-bond acceptors (Lipinski definition) is 2. The molecule has 1 aliphatic rings. The molecule has 7 aromatic carbocycles. The fourth-order valence-electron chi connectivity index (χ4n) is 9.31. The van der Waals surface area contributed by atoms with Crippen LogP contribution in [0.4, 0.5) is 0 Å². The van der Waals surface area contributed by atoms with Gasteiger partial charge < -0.3 is 14.5 Å². The van der Waals surface area contributed by atoms with Crippen LogP contribution in [0.15, 0.2) is 170 Å². The molecule has 0 radical (unpaired) electrons. The van der Waals surface area contributed by atoms with E-state index in [-0.39, 0.29) is 18.0 Å². The highest BCUT2D eigenvalue weighted by molar-refractivity contribution is 7.26. The van der Waals surface area contributed by atoms with Crippen molar-refractivity contribution in [1.29, 1.82) is 0 Å². The molecular formula is C49H37N3S. The van der Waals surface area contributed by atoms with Crippen LogP contribution in [-0.2, 0) is 0 Å². The Labute approximate surface area is 312 Å². The van der Waals surface area contributed by atoms with Crippen molar-refractivity contribution < 1.29 is 0 Å². The van der Waals surface area contributed by atoms with E-state index in [1.54, 1.807) is 0 Å². The fourth-order valence-corrected chi connectivity index (χ4v) is 10.6. The van der Waals surface area contributed by atoms with Crippen LogP contribution in [0.2, 0.25) is 0 Å². The molecule has 0 aliphatic carbocycles. The topological polar surface area (TPSA) is 21.9 Å². The maximum absolute atomic E-state index is 4.17. The normalized spacial score (nSPS) is 17.7. The molecule has 0 spiro atoms. The van der Waals surface area contributed by atoms with E-state index in [9.17, 15) is 0 Å². The fraction of sp³-hybridized carbons (Fsp3) is 0.102. The standard InChI is InChI=1S/C49H37N3S/c1-2-33-39(38-24-15-23-37-36-22-11-14-27-47(36)53-48(37)38)29-42(31-16-5-3-6-17-31)50-49(33)52-44-26-13-10-21-35(44)41-28-40-34-20-9-12-25-43(34)51(45(40)30-46(41)52)32-18-7-4-8-19-32/h3-30,33,39,49-50H,2H2,1H3. The second kappa shape index (κ2) is 12.0. The average molecular weight is 700 g/mol. The smallest absolute Gasteiger partial charge is 0.108 e. The Hall–Kier alpha value is -6.10. The van der Waals surface area contributed by atoms with E-state index in [1.807, 2.05) is 11.3 Å². The van der Waals surface area contributed by atoms with Crippen molar-refractivity contribution in [3.8, 4) is 5.69 Å². The molecule has 0 bridgehead atoms. The third-order valence-electron chi connectivity index (χ3n) is 11.7. The third kappa shape index (κ3) is 4.58. The molecule has 3 nitrogen and oxygen atoms in total. The first-order chi connectivity index (χ1) is 26.3. The van der Waals surface area contributed by atoms with E-state index >= 15 is 0 Å². The summed E-state index contributed by atoms with van der Waals surface area (Å²) in [5, 5.41) is 12.0. The predicted molar refractivity (Wildman–Crippen MR) is 226 cm³/mol. The Morgan fingerprint density at radius 1 is 0.547 bits per heavy atom. The Morgan fingerprint density at radius 2 is 1.19 bits per heavy atom. The third-order valence-corrected chi connectivity index (χ3v) is 12.9. The molecular weight excluding hydrogens is 663 g/mol. The van der Waals surface area contributed by atoms with Gasteiger partial charge in [-0.1, -0.05) is 134 Å². The average Bonchev–Trinajstić information content (AvgIpc) is 3.87. The van der Waals surface area contributed by atoms with Crippen molar-refractivity contribution in [3.63, 3.8) is 0 Å². The van der Waals surface area contributed by atoms with Crippen LogP contribution in [-0.4, -0.2) is 9.13 Å². The van der Waals surface area contributed by atoms with Crippen molar-refractivity contribution in [1.82, 2.24) is 14.5 Å². The second-order valence-electron chi connectivity index (χ2n) is 14.4. The van der Waals surface area contributed by atoms with Crippen LogP contribution in [0.25, 0.3) is 75.2 Å². The Bertz CT molecular complexity index is 3040. The summed E-state index contributed by atoms with van der Waals surface area (Å²) in [7, 11) is 0. The highest BCUT2D eigenvalue weighted by Crippen LogP contribution is 2.49. The minimum Gasteiger partial charge on any atom is -0.364 e. The van der Waals surface area contributed by atoms with Gasteiger partial charge in [0.05, 0.1) is 22.1 Å². The monoisotopic (exact) mass is 699 g/mol. The van der Waals surface area contributed by atoms with Crippen LogP contribution >= 0.6 is 11.3 Å². The van der Waals surface area contributed by atoms with Crippen LogP contribution in [0, 0.1) is 5.92 Å². The number of fused-ring (bicyclic) bond motifs is 9. The molecule has 3 atom stereocenters. The van der Waals surface area contributed by atoms with Gasteiger partial charge >= 0.3 is 0 Å². The van der Waals surface area contributed by atoms with Gasteiger partial charge in [-0.15, -0.1) is 11.3 Å². The largest absolute Gasteiger partial charge is 0.364 e. The molecule has 3 aromatic heterocycles. The van der Waals surface area contributed by atoms with Gasteiger partial charge in [0, 0.05) is 64.9 Å². The first-order valence-electron chi connectivity index (χ1n) is 18.7. The summed E-state index contributed by atoms with van der Waals surface area (Å²) in [4.78, 5) is 0. The summed E-state index contributed by atoms with van der Waals surface area (Å²) in [5.74, 6) is 0.488. The first-order valence-corrected chi connectivity index (χ1v) is 19.5. The molecule has 0 saturated carbocycles. The van der Waals surface area contributed by atoms with E-state index in [4.69, 9.17) is 0 Å². The summed E-state index contributed by atoms with van der Waals surface area (Å²) >= 11 is 1.94. The Kier molecular flexibility index (Phi) is 6.90. The molecule has 4 heteroatoms. The van der Waals surface area contributed by atoms with Gasteiger partial charge in [-0.25, -0.2) is 0 Å². The molecule has 0 fully saturated rings. The van der Waals surface area contributed by atoms with Gasteiger partial charge in [-0.05, 0) is 60.0 Å². The molecule has 11 rings (SSSR count). The summed E-state index contributed by atoms with van der Waals surface area (Å²) in [6.45, 7) is 2.37. The zero-order chi connectivity index (χ0) is 35.0. The minimum absolute atomic E-state index is 0.00393. The number of hydrogen-bond donors (Lipinski definition) is 1. The maximum Gasteiger partial charge on any atom is 0.108 e. The second-order valence-corrected chi connectivity index (χ2v) is 15.5. The van der Waals surface area contributed by atoms with Gasteiger partial charge in [0.1, 0.15) is 6.17 Å². The SMILES string of the molecule is CCC1C(c2cccc3c2sc2ccccc23)C=C(c2ccccc2)NC1n1c2ccccc2c2cc3c4ccccc4n(-c4ccccc4)c3cc21. The van der Waals surface area contributed by atoms with Crippen molar-refractivity contribution in [3.05, 3.63) is 181 Å². The molecule has 1 N–H and O–H groups in total. The first kappa shape index (κ1) is 30.5. The molecule has 3 unspecified atom stereocenters. The molecule has 0 amide bonds. The number of benzene rings is 7. The molecule has 4 heterocycles. The highest BCUT2D eigenvalue weighted by Gasteiger charge is 2.37. The van der Waals surface area contributed by atoms with Crippen LogP contribution in [0.3, 0.4) is 0 Å². The summed E-state index contributed by atoms with van der Waals surface area (Å²) in [6.07, 6.45) is 3.55. The van der Waals surface area contributed by atoms with Gasteiger partial charge in [-0.2, -0.15) is 0 Å².